The average Bonchev–Trinajstić information content (AvgIpc) is 4.01. The summed E-state index contributed by atoms with van der Waals surface area (Å²) in [5.41, 5.74) is 12.1. The Bertz CT molecular complexity index is 3040. The van der Waals surface area contributed by atoms with E-state index < -0.39 is 24.2 Å². The molecule has 6 aromatic heterocycles. The standard InChI is InChI=1S/C23H23FN8O2.C15H17N7.C7H6FN2O2.K.H2O/c1-14-9-16(19-25-13-26-22(29-19)28-17-10-27-32(2)11-17)4-3-15(14)5-6-18(33)20-30-21(31-34-20)23(12-24)7-8-23;1-10-5-11(3-4-12(10)6-16)14-17-9-18-15(21-14)20-13-7-19-22(2)8-13;8-4-7(1-2-7)6-9-5(3-11)12-10-6;;/h3-4,9-11,13H,5-8,12H2,1-2H3,(H,25,26,28,29);3-5,7-9H,6,16H2,1-2H3,(H,17,18,20,21);1-2,4H2;;1H2/q;;-1;+1;/p-1. The van der Waals surface area contributed by atoms with Crippen LogP contribution in [0.4, 0.5) is 32.1 Å². The normalized spacial score (nSPS) is 13.5. The van der Waals surface area contributed by atoms with E-state index in [0.29, 0.717) is 61.0 Å². The number of ketones is 1. The van der Waals surface area contributed by atoms with Gasteiger partial charge in [-0.3, -0.25) is 14.2 Å². The molecule has 2 saturated carbocycles. The fourth-order valence-corrected chi connectivity index (χ4v) is 6.92. The van der Waals surface area contributed by atoms with Crippen LogP contribution in [-0.2, 0) is 42.7 Å². The Hall–Kier alpha value is -6.48. The predicted octanol–water partition coefficient (Wildman–Crippen LogP) is 2.66. The number of nitrogens with zero attached hydrogens (tertiary/aromatic N) is 14. The zero-order valence-electron chi connectivity index (χ0n) is 39.0. The third-order valence-corrected chi connectivity index (χ3v) is 11.5. The van der Waals surface area contributed by atoms with Crippen LogP contribution in [0.15, 0.2) is 82.9 Å². The van der Waals surface area contributed by atoms with Gasteiger partial charge in [0.25, 0.3) is 5.89 Å². The fraction of sp³-hybridized carbons (Fsp3) is 0.333. The van der Waals surface area contributed by atoms with E-state index in [4.69, 9.17) is 10.3 Å². The van der Waals surface area contributed by atoms with E-state index in [2.05, 4.69) is 75.5 Å². The Morgan fingerprint density at radius 1 is 0.743 bits per heavy atom. The molecular formula is C45H47F2KN17O5-. The molecular weight excluding hydrogens is 936 g/mol. The number of Topliss-reactive ketones (excluding diaryl/α,β-unsaturated/α-hetero) is 1. The van der Waals surface area contributed by atoms with Crippen LogP contribution < -0.4 is 67.8 Å². The molecule has 0 unspecified atom stereocenters. The molecule has 358 valence electrons. The van der Waals surface area contributed by atoms with Crippen molar-refractivity contribution in [1.82, 2.24) is 69.7 Å². The van der Waals surface area contributed by atoms with Gasteiger partial charge in [-0.1, -0.05) is 34.6 Å². The molecule has 22 nitrogen and oxygen atoms in total. The summed E-state index contributed by atoms with van der Waals surface area (Å²) in [5.74, 6) is 2.15. The van der Waals surface area contributed by atoms with Crippen LogP contribution >= 0.6 is 0 Å². The van der Waals surface area contributed by atoms with Gasteiger partial charge in [-0.25, -0.2) is 33.7 Å². The quantitative estimate of drug-likeness (QED) is 0.0712. The minimum Gasteiger partial charge on any atom is -0.870 e. The molecule has 25 heteroatoms. The van der Waals surface area contributed by atoms with E-state index in [1.54, 1.807) is 21.8 Å². The predicted molar refractivity (Wildman–Crippen MR) is 243 cm³/mol. The third kappa shape index (κ3) is 12.8. The zero-order chi connectivity index (χ0) is 47.8. The zero-order valence-corrected chi connectivity index (χ0v) is 42.1. The molecule has 0 amide bonds. The number of anilines is 4. The van der Waals surface area contributed by atoms with Crippen molar-refractivity contribution >= 4 is 35.3 Å². The minimum absolute atomic E-state index is 0. The van der Waals surface area contributed by atoms with Crippen LogP contribution in [0.1, 0.15) is 82.6 Å². The van der Waals surface area contributed by atoms with Gasteiger partial charge in [-0.15, -0.1) is 0 Å². The molecule has 0 radical (unpaired) electrons. The Kier molecular flexibility index (Phi) is 17.7. The van der Waals surface area contributed by atoms with Crippen molar-refractivity contribution in [3.63, 3.8) is 0 Å². The van der Waals surface area contributed by atoms with Gasteiger partial charge < -0.3 is 35.7 Å². The van der Waals surface area contributed by atoms with Gasteiger partial charge in [0.05, 0.1) is 34.6 Å². The van der Waals surface area contributed by atoms with Crippen molar-refractivity contribution in [2.24, 2.45) is 19.8 Å². The summed E-state index contributed by atoms with van der Waals surface area (Å²) in [6, 6.07) is 11.9. The van der Waals surface area contributed by atoms with E-state index in [1.165, 1.54) is 18.9 Å². The summed E-state index contributed by atoms with van der Waals surface area (Å²) >= 11 is 0. The van der Waals surface area contributed by atoms with Gasteiger partial charge in [0.15, 0.2) is 23.3 Å². The number of rotatable bonds is 16. The number of aromatic nitrogens is 14. The molecule has 10 rings (SSSR count). The summed E-state index contributed by atoms with van der Waals surface area (Å²) < 4.78 is 38.6. The molecule has 0 saturated heterocycles. The maximum absolute atomic E-state index is 13.2. The number of alkyl halides is 2. The fourth-order valence-electron chi connectivity index (χ4n) is 6.92. The first kappa shape index (κ1) is 52.9. The van der Waals surface area contributed by atoms with Crippen LogP contribution in [0, 0.1) is 13.8 Å². The molecule has 6 heterocycles. The molecule has 0 bridgehead atoms. The first-order valence-corrected chi connectivity index (χ1v) is 21.4. The number of carbonyl (C=O) groups excluding carboxylic acids is 2. The SMILES string of the molecule is Cc1cc(-c2ncnc(Nc3cnn(C)c3)n2)ccc1CCC(=O)c1nc(C2(CF)CC2)no1.Cc1cc(-c2ncnc(Nc3cnn(C)c3)n2)ccc1CN.O=[C-]c1nc(C2(CF)CC2)no1.[K+].[OH-]. The van der Waals surface area contributed by atoms with Crippen LogP contribution in [0.25, 0.3) is 22.8 Å². The Morgan fingerprint density at radius 3 is 1.67 bits per heavy atom. The monoisotopic (exact) mass is 982 g/mol. The number of benzene rings is 2. The first-order valence-electron chi connectivity index (χ1n) is 21.4. The molecule has 0 atom stereocenters. The van der Waals surface area contributed by atoms with Crippen molar-refractivity contribution in [2.45, 2.75) is 69.7 Å². The van der Waals surface area contributed by atoms with Gasteiger partial charge in [-0.05, 0) is 80.3 Å². The van der Waals surface area contributed by atoms with Crippen molar-refractivity contribution in [1.29, 1.82) is 0 Å². The van der Waals surface area contributed by atoms with Crippen LogP contribution in [-0.4, -0.2) is 101 Å². The van der Waals surface area contributed by atoms with Crippen LogP contribution in [0.3, 0.4) is 0 Å². The van der Waals surface area contributed by atoms with Gasteiger partial charge in [-0.2, -0.15) is 31.4 Å². The number of nitrogens with one attached hydrogen (secondary N) is 2. The Morgan fingerprint density at radius 2 is 1.24 bits per heavy atom. The molecule has 70 heavy (non-hydrogen) atoms. The second kappa shape index (κ2) is 23.4. The summed E-state index contributed by atoms with van der Waals surface area (Å²) in [7, 11) is 3.68. The van der Waals surface area contributed by atoms with Gasteiger partial charge in [0.2, 0.25) is 17.7 Å². The maximum atomic E-state index is 13.2. The molecule has 5 N–H and O–H groups in total. The van der Waals surface area contributed by atoms with Gasteiger partial charge >= 0.3 is 51.4 Å². The summed E-state index contributed by atoms with van der Waals surface area (Å²) in [6.45, 7) is 3.50. The van der Waals surface area contributed by atoms with Crippen molar-refractivity contribution < 1.29 is 84.3 Å². The van der Waals surface area contributed by atoms with E-state index in [-0.39, 0.29) is 80.8 Å². The van der Waals surface area contributed by atoms with Crippen molar-refractivity contribution in [3.05, 3.63) is 120 Å². The number of halogens is 2. The molecule has 8 aromatic rings. The number of aryl methyl sites for hydroxylation is 5. The van der Waals surface area contributed by atoms with Crippen LogP contribution in [0.5, 0.6) is 0 Å². The van der Waals surface area contributed by atoms with Crippen molar-refractivity contribution in [2.75, 3.05) is 24.0 Å². The Labute approximate surface area is 441 Å². The van der Waals surface area contributed by atoms with Crippen LogP contribution in [0.2, 0.25) is 0 Å². The number of carbonyl (C=O) groups is 1. The molecule has 0 spiro atoms. The second-order valence-corrected chi connectivity index (χ2v) is 16.5. The van der Waals surface area contributed by atoms with Crippen molar-refractivity contribution in [3.8, 4) is 22.8 Å². The summed E-state index contributed by atoms with van der Waals surface area (Å²) in [6.07, 6.45) is 15.0. The smallest absolute Gasteiger partial charge is 0.870 e. The van der Waals surface area contributed by atoms with E-state index in [1.807, 2.05) is 76.7 Å². The van der Waals surface area contributed by atoms with Gasteiger partial charge in [0, 0.05) is 50.6 Å². The number of hydrogen-bond acceptors (Lipinski definition) is 20. The van der Waals surface area contributed by atoms with E-state index in [9.17, 15) is 18.4 Å². The molecule has 0 aliphatic heterocycles. The van der Waals surface area contributed by atoms with E-state index >= 15 is 0 Å². The maximum Gasteiger partial charge on any atom is 1.00 e. The topological polar surface area (TPSA) is 305 Å². The second-order valence-electron chi connectivity index (χ2n) is 16.5. The van der Waals surface area contributed by atoms with Gasteiger partial charge in [0.1, 0.15) is 31.9 Å². The molecule has 2 aromatic carbocycles. The summed E-state index contributed by atoms with van der Waals surface area (Å²) in [4.78, 5) is 56.2. The number of hydrogen-bond donors (Lipinski definition) is 3. The molecule has 2 aliphatic rings. The number of nitrogens with two attached hydrogens (primary N) is 1. The minimum atomic E-state index is -0.642. The molecule has 2 aliphatic carbocycles. The third-order valence-electron chi connectivity index (χ3n) is 11.5. The van der Waals surface area contributed by atoms with E-state index in [0.717, 1.165) is 57.6 Å². The molecule has 2 fully saturated rings. The Balaban J connectivity index is 0.000000191. The largest absolute Gasteiger partial charge is 1.00 e. The average molecular weight is 983 g/mol. The summed E-state index contributed by atoms with van der Waals surface area (Å²) in [5, 5.41) is 21.7. The first-order chi connectivity index (χ1) is 32.9.